The lowest BCUT2D eigenvalue weighted by Crippen LogP contribution is -2.35. The third-order valence-corrected chi connectivity index (χ3v) is 4.43. The van der Waals surface area contributed by atoms with E-state index in [-0.39, 0.29) is 18.2 Å². The van der Waals surface area contributed by atoms with Crippen molar-refractivity contribution in [3.63, 3.8) is 0 Å². The number of carbonyl (C=O) groups is 2. The predicted octanol–water partition coefficient (Wildman–Crippen LogP) is 2.72. The molecule has 1 saturated carbocycles. The van der Waals surface area contributed by atoms with Crippen LogP contribution in [0, 0.1) is 6.92 Å². The molecule has 0 radical (unpaired) electrons. The number of anilines is 1. The van der Waals surface area contributed by atoms with E-state index >= 15 is 0 Å². The number of aliphatic hydroxyl groups is 1. The minimum Gasteiger partial charge on any atom is -0.389 e. The predicted molar refractivity (Wildman–Crippen MR) is 90.5 cm³/mol. The van der Waals surface area contributed by atoms with Crippen molar-refractivity contribution in [2.24, 2.45) is 0 Å². The van der Waals surface area contributed by atoms with Gasteiger partial charge in [0.1, 0.15) is 0 Å². The van der Waals surface area contributed by atoms with Crippen molar-refractivity contribution in [2.75, 3.05) is 19.4 Å². The Hall–Kier alpha value is -1.88. The summed E-state index contributed by atoms with van der Waals surface area (Å²) >= 11 is 0. The van der Waals surface area contributed by atoms with Crippen molar-refractivity contribution < 1.29 is 14.7 Å². The highest BCUT2D eigenvalue weighted by Crippen LogP contribution is 2.31. The lowest BCUT2D eigenvalue weighted by Gasteiger charge is -2.31. The lowest BCUT2D eigenvalue weighted by atomic mass is 9.82. The quantitative estimate of drug-likeness (QED) is 0.897. The first kappa shape index (κ1) is 17.5. The van der Waals surface area contributed by atoms with Crippen molar-refractivity contribution >= 4 is 17.5 Å². The Bertz CT molecular complexity index is 590. The molecule has 2 N–H and O–H groups in total. The van der Waals surface area contributed by atoms with Gasteiger partial charge in [0.2, 0.25) is 5.91 Å². The molecule has 23 heavy (non-hydrogen) atoms. The molecule has 0 spiro atoms. The van der Waals surface area contributed by atoms with Crippen LogP contribution in [0.1, 0.15) is 54.4 Å². The fraction of sp³-hybridized carbons (Fsp3) is 0.556. The molecule has 0 bridgehead atoms. The fourth-order valence-corrected chi connectivity index (χ4v) is 3.06. The largest absolute Gasteiger partial charge is 0.389 e. The maximum atomic E-state index is 12.2. The van der Waals surface area contributed by atoms with Crippen molar-refractivity contribution in [1.29, 1.82) is 0 Å². The molecular formula is C18H26N2O3. The maximum Gasteiger partial charge on any atom is 0.253 e. The highest BCUT2D eigenvalue weighted by atomic mass is 16.3. The van der Waals surface area contributed by atoms with Gasteiger partial charge in [-0.3, -0.25) is 9.59 Å². The number of benzene rings is 1. The summed E-state index contributed by atoms with van der Waals surface area (Å²) in [7, 11) is 3.40. The summed E-state index contributed by atoms with van der Waals surface area (Å²) in [6.45, 7) is 1.87. The van der Waals surface area contributed by atoms with Crippen molar-refractivity contribution in [1.82, 2.24) is 4.90 Å². The maximum absolute atomic E-state index is 12.2. The summed E-state index contributed by atoms with van der Waals surface area (Å²) in [6, 6.07) is 5.30. The molecule has 0 unspecified atom stereocenters. The van der Waals surface area contributed by atoms with E-state index < -0.39 is 5.60 Å². The number of rotatable bonds is 4. The molecule has 1 aromatic rings. The molecule has 0 saturated heterocycles. The van der Waals surface area contributed by atoms with Gasteiger partial charge >= 0.3 is 0 Å². The van der Waals surface area contributed by atoms with E-state index in [2.05, 4.69) is 5.32 Å². The number of hydrogen-bond donors (Lipinski definition) is 2. The zero-order chi connectivity index (χ0) is 17.0. The molecular weight excluding hydrogens is 292 g/mol. The van der Waals surface area contributed by atoms with Gasteiger partial charge in [0.05, 0.1) is 12.0 Å². The van der Waals surface area contributed by atoms with E-state index in [0.29, 0.717) is 24.1 Å². The molecule has 2 rings (SSSR count). The normalized spacial score (nSPS) is 16.7. The smallest absolute Gasteiger partial charge is 0.253 e. The Morgan fingerprint density at radius 3 is 2.48 bits per heavy atom. The summed E-state index contributed by atoms with van der Waals surface area (Å²) in [5.74, 6) is -0.300. The molecule has 5 nitrogen and oxygen atoms in total. The number of nitrogens with zero attached hydrogens (tertiary/aromatic N) is 1. The molecule has 1 aliphatic carbocycles. The van der Waals surface area contributed by atoms with Crippen LogP contribution in [0.5, 0.6) is 0 Å². The van der Waals surface area contributed by atoms with Crippen molar-refractivity contribution in [2.45, 2.75) is 51.0 Å². The molecule has 1 fully saturated rings. The second kappa shape index (κ2) is 7.13. The molecule has 5 heteroatoms. The molecule has 1 aromatic carbocycles. The van der Waals surface area contributed by atoms with Gasteiger partial charge < -0.3 is 15.3 Å². The highest BCUT2D eigenvalue weighted by Gasteiger charge is 2.31. The van der Waals surface area contributed by atoms with Crippen LogP contribution < -0.4 is 5.32 Å². The van der Waals surface area contributed by atoms with E-state index in [1.807, 2.05) is 13.0 Å². The minimum atomic E-state index is -0.880. The molecule has 0 heterocycles. The van der Waals surface area contributed by atoms with Gasteiger partial charge in [-0.05, 0) is 37.5 Å². The van der Waals surface area contributed by atoms with Crippen LogP contribution in [-0.4, -0.2) is 41.5 Å². The average Bonchev–Trinajstić information content (AvgIpc) is 2.48. The highest BCUT2D eigenvalue weighted by molar-refractivity contribution is 5.98. The van der Waals surface area contributed by atoms with Gasteiger partial charge in [0, 0.05) is 25.3 Å². The third-order valence-electron chi connectivity index (χ3n) is 4.43. The number of amides is 2. The molecule has 1 aliphatic rings. The van der Waals surface area contributed by atoms with Crippen LogP contribution in [-0.2, 0) is 4.79 Å². The minimum absolute atomic E-state index is 0.0930. The van der Waals surface area contributed by atoms with Crippen molar-refractivity contribution in [3.05, 3.63) is 29.3 Å². The Morgan fingerprint density at radius 2 is 1.87 bits per heavy atom. The standard InChI is InChI=1S/C18H26N2O3/c1-13-7-8-14(11-15(13)17(22)20(2)3)19-16(21)12-18(23)9-5-4-6-10-18/h7-8,11,23H,4-6,9-10,12H2,1-3H3,(H,19,21). The Balaban J connectivity index is 2.06. The van der Waals surface area contributed by atoms with Gasteiger partial charge in [-0.25, -0.2) is 0 Å². The Labute approximate surface area is 137 Å². The zero-order valence-corrected chi connectivity index (χ0v) is 14.2. The van der Waals surface area contributed by atoms with E-state index in [1.54, 1.807) is 26.2 Å². The topological polar surface area (TPSA) is 69.6 Å². The average molecular weight is 318 g/mol. The van der Waals surface area contributed by atoms with Crippen molar-refractivity contribution in [3.8, 4) is 0 Å². The van der Waals surface area contributed by atoms with E-state index in [9.17, 15) is 14.7 Å². The van der Waals surface area contributed by atoms with Crippen LogP contribution in [0.4, 0.5) is 5.69 Å². The molecule has 0 aliphatic heterocycles. The van der Waals surface area contributed by atoms with Gasteiger partial charge in [-0.15, -0.1) is 0 Å². The molecule has 0 atom stereocenters. The fourth-order valence-electron chi connectivity index (χ4n) is 3.06. The summed E-state index contributed by atoms with van der Waals surface area (Å²) < 4.78 is 0. The van der Waals surface area contributed by atoms with Crippen LogP contribution in [0.25, 0.3) is 0 Å². The van der Waals surface area contributed by atoms with E-state index in [4.69, 9.17) is 0 Å². The first-order valence-electron chi connectivity index (χ1n) is 8.15. The molecule has 126 valence electrons. The zero-order valence-electron chi connectivity index (χ0n) is 14.2. The monoisotopic (exact) mass is 318 g/mol. The Kier molecular flexibility index (Phi) is 5.42. The van der Waals surface area contributed by atoms with Crippen LogP contribution in [0.3, 0.4) is 0 Å². The van der Waals surface area contributed by atoms with E-state index in [0.717, 1.165) is 24.8 Å². The first-order valence-corrected chi connectivity index (χ1v) is 8.15. The number of hydrogen-bond acceptors (Lipinski definition) is 3. The lowest BCUT2D eigenvalue weighted by molar-refractivity contribution is -0.122. The number of carbonyl (C=O) groups excluding carboxylic acids is 2. The van der Waals surface area contributed by atoms with E-state index in [1.165, 1.54) is 4.90 Å². The van der Waals surface area contributed by atoms with Gasteiger partial charge in [-0.2, -0.15) is 0 Å². The summed E-state index contributed by atoms with van der Waals surface area (Å²) in [5.41, 5.74) is 1.15. The SMILES string of the molecule is Cc1ccc(NC(=O)CC2(O)CCCCC2)cc1C(=O)N(C)C. The summed E-state index contributed by atoms with van der Waals surface area (Å²) in [4.78, 5) is 25.9. The first-order chi connectivity index (χ1) is 10.8. The van der Waals surface area contributed by atoms with Gasteiger partial charge in [-0.1, -0.05) is 25.3 Å². The molecule has 0 aromatic heterocycles. The summed E-state index contributed by atoms with van der Waals surface area (Å²) in [5, 5.41) is 13.3. The second-order valence-corrected chi connectivity index (χ2v) is 6.74. The third kappa shape index (κ3) is 4.55. The second-order valence-electron chi connectivity index (χ2n) is 6.74. The number of aryl methyl sites for hydroxylation is 1. The summed E-state index contributed by atoms with van der Waals surface area (Å²) in [6.07, 6.45) is 4.53. The van der Waals surface area contributed by atoms with Gasteiger partial charge in [0.15, 0.2) is 0 Å². The van der Waals surface area contributed by atoms with Crippen LogP contribution in [0.15, 0.2) is 18.2 Å². The van der Waals surface area contributed by atoms with Crippen LogP contribution in [0.2, 0.25) is 0 Å². The Morgan fingerprint density at radius 1 is 1.22 bits per heavy atom. The number of nitrogens with one attached hydrogen (secondary N) is 1. The van der Waals surface area contributed by atoms with Crippen LogP contribution >= 0.6 is 0 Å². The van der Waals surface area contributed by atoms with Gasteiger partial charge in [0.25, 0.3) is 5.91 Å². The molecule has 2 amide bonds.